The Hall–Kier alpha value is -3.16. The van der Waals surface area contributed by atoms with Gasteiger partial charge in [0.15, 0.2) is 11.6 Å². The Kier molecular flexibility index (Phi) is 8.19. The van der Waals surface area contributed by atoms with Crippen molar-refractivity contribution >= 4 is 17.7 Å². The first kappa shape index (κ1) is 21.9. The third-order valence-corrected chi connectivity index (χ3v) is 3.76. The van der Waals surface area contributed by atoms with Gasteiger partial charge in [-0.25, -0.2) is 4.39 Å². The van der Waals surface area contributed by atoms with Crippen molar-refractivity contribution in [2.45, 2.75) is 25.8 Å². The van der Waals surface area contributed by atoms with E-state index in [1.165, 1.54) is 19.1 Å². The first-order valence-electron chi connectivity index (χ1n) is 8.24. The lowest BCUT2D eigenvalue weighted by molar-refractivity contribution is -0.133. The first-order valence-corrected chi connectivity index (χ1v) is 8.24. The number of carbonyl (C=O) groups is 3. The average Bonchev–Trinajstić information content (AvgIpc) is 2.61. The standard InChI is InChI=1S/C19H24FN3O4/c1-6-15(20)8-7-12(2)18(25)21-14(4)27-13(3)19(26)22-16-9-10-23(5)17(24)11-16/h6-8,16H,2-4,9-11H2,1,5H3,(H,21,25)(H,22,26)/b8-7-,15-6+. The predicted molar refractivity (Wildman–Crippen MR) is 99.5 cm³/mol. The number of ether oxygens (including phenoxy) is 1. The van der Waals surface area contributed by atoms with Gasteiger partial charge in [0, 0.05) is 31.6 Å². The van der Waals surface area contributed by atoms with E-state index < -0.39 is 17.6 Å². The van der Waals surface area contributed by atoms with Gasteiger partial charge in [-0.05, 0) is 32.1 Å². The van der Waals surface area contributed by atoms with Crippen molar-refractivity contribution in [3.05, 3.63) is 61.0 Å². The minimum Gasteiger partial charge on any atom is -0.436 e. The smallest absolute Gasteiger partial charge is 0.286 e. The van der Waals surface area contributed by atoms with Crippen molar-refractivity contribution < 1.29 is 23.5 Å². The molecule has 0 aromatic heterocycles. The molecule has 7 nitrogen and oxygen atoms in total. The molecule has 1 atom stereocenters. The second-order valence-corrected chi connectivity index (χ2v) is 5.91. The van der Waals surface area contributed by atoms with Crippen LogP contribution in [0.4, 0.5) is 4.39 Å². The number of amides is 3. The Balaban J connectivity index is 2.47. The fourth-order valence-corrected chi connectivity index (χ4v) is 2.11. The second-order valence-electron chi connectivity index (χ2n) is 5.91. The molecule has 1 fully saturated rings. The number of hydrogen-bond donors (Lipinski definition) is 2. The molecule has 0 saturated carbocycles. The van der Waals surface area contributed by atoms with Crippen LogP contribution in [0.3, 0.4) is 0 Å². The molecule has 27 heavy (non-hydrogen) atoms. The van der Waals surface area contributed by atoms with Crippen LogP contribution in [0.5, 0.6) is 0 Å². The van der Waals surface area contributed by atoms with Crippen LogP contribution in [0.25, 0.3) is 0 Å². The highest BCUT2D eigenvalue weighted by Crippen LogP contribution is 2.11. The number of likely N-dealkylation sites (tertiary alicyclic amines) is 1. The van der Waals surface area contributed by atoms with Gasteiger partial charge in [-0.15, -0.1) is 0 Å². The zero-order chi connectivity index (χ0) is 20.6. The van der Waals surface area contributed by atoms with Crippen molar-refractivity contribution in [2.24, 2.45) is 0 Å². The molecular formula is C19H24FN3O4. The molecule has 0 radical (unpaired) electrons. The number of rotatable bonds is 8. The quantitative estimate of drug-likeness (QED) is 0.384. The SMILES string of the molecule is C=C(NC(=O)C(=C)/C=C\C(F)=C/C)OC(=C)C(=O)NC1CCN(C)C(=O)C1. The van der Waals surface area contributed by atoms with Crippen LogP contribution in [-0.2, 0) is 19.1 Å². The molecule has 3 amide bonds. The fourth-order valence-electron chi connectivity index (χ4n) is 2.11. The molecule has 0 aromatic carbocycles. The van der Waals surface area contributed by atoms with E-state index in [-0.39, 0.29) is 35.6 Å². The van der Waals surface area contributed by atoms with Gasteiger partial charge >= 0.3 is 0 Å². The first-order chi connectivity index (χ1) is 12.6. The van der Waals surface area contributed by atoms with Gasteiger partial charge in [0.1, 0.15) is 5.83 Å². The molecule has 1 aliphatic heterocycles. The summed E-state index contributed by atoms with van der Waals surface area (Å²) in [5.41, 5.74) is -0.0309. The maximum Gasteiger partial charge on any atom is 0.286 e. The molecule has 2 N–H and O–H groups in total. The zero-order valence-electron chi connectivity index (χ0n) is 15.5. The molecule has 1 aliphatic rings. The third kappa shape index (κ3) is 7.31. The molecule has 0 bridgehead atoms. The molecule has 1 heterocycles. The van der Waals surface area contributed by atoms with Crippen molar-refractivity contribution in [2.75, 3.05) is 13.6 Å². The zero-order valence-corrected chi connectivity index (χ0v) is 15.5. The molecule has 146 valence electrons. The van der Waals surface area contributed by atoms with E-state index in [1.54, 1.807) is 11.9 Å². The van der Waals surface area contributed by atoms with Crippen molar-refractivity contribution in [1.29, 1.82) is 0 Å². The van der Waals surface area contributed by atoms with Crippen LogP contribution in [0.1, 0.15) is 19.8 Å². The van der Waals surface area contributed by atoms with Crippen molar-refractivity contribution in [3.8, 4) is 0 Å². The van der Waals surface area contributed by atoms with Crippen LogP contribution in [0, 0.1) is 0 Å². The highest BCUT2D eigenvalue weighted by atomic mass is 19.1. The summed E-state index contributed by atoms with van der Waals surface area (Å²) in [6.45, 7) is 12.5. The summed E-state index contributed by atoms with van der Waals surface area (Å²) < 4.78 is 18.1. The monoisotopic (exact) mass is 377 g/mol. The van der Waals surface area contributed by atoms with Gasteiger partial charge in [0.05, 0.1) is 0 Å². The Morgan fingerprint density at radius 2 is 1.93 bits per heavy atom. The normalized spacial score (nSPS) is 17.4. The molecule has 1 saturated heterocycles. The molecule has 0 aliphatic carbocycles. The van der Waals surface area contributed by atoms with Gasteiger partial charge < -0.3 is 15.0 Å². The summed E-state index contributed by atoms with van der Waals surface area (Å²) in [5.74, 6) is -2.38. The van der Waals surface area contributed by atoms with E-state index in [1.807, 2.05) is 0 Å². The fraction of sp³-hybridized carbons (Fsp3) is 0.316. The second kappa shape index (κ2) is 10.1. The lowest BCUT2D eigenvalue weighted by atomic mass is 10.0. The number of hydrogen-bond acceptors (Lipinski definition) is 4. The number of allylic oxidation sites excluding steroid dienone is 3. The van der Waals surface area contributed by atoms with E-state index >= 15 is 0 Å². The average molecular weight is 377 g/mol. The lowest BCUT2D eigenvalue weighted by Crippen LogP contribution is -2.46. The van der Waals surface area contributed by atoms with Crippen LogP contribution in [-0.4, -0.2) is 42.3 Å². The van der Waals surface area contributed by atoms with Crippen LogP contribution >= 0.6 is 0 Å². The number of nitrogens with one attached hydrogen (secondary N) is 2. The van der Waals surface area contributed by atoms with Gasteiger partial charge in [-0.3, -0.25) is 19.7 Å². The molecule has 0 aromatic rings. The number of piperidine rings is 1. The summed E-state index contributed by atoms with van der Waals surface area (Å²) in [6.07, 6.45) is 4.32. The molecule has 1 unspecified atom stereocenters. The lowest BCUT2D eigenvalue weighted by Gasteiger charge is -2.29. The highest BCUT2D eigenvalue weighted by Gasteiger charge is 2.25. The van der Waals surface area contributed by atoms with Gasteiger partial charge in [0.2, 0.25) is 5.91 Å². The Bertz CT molecular complexity index is 724. The molecule has 0 spiro atoms. The van der Waals surface area contributed by atoms with Gasteiger partial charge in [-0.2, -0.15) is 0 Å². The highest BCUT2D eigenvalue weighted by molar-refractivity contribution is 5.96. The minimum absolute atomic E-state index is 0.0309. The summed E-state index contributed by atoms with van der Waals surface area (Å²) in [7, 11) is 1.70. The Morgan fingerprint density at radius 3 is 2.52 bits per heavy atom. The third-order valence-electron chi connectivity index (χ3n) is 3.76. The van der Waals surface area contributed by atoms with E-state index in [0.717, 1.165) is 6.08 Å². The Morgan fingerprint density at radius 1 is 1.26 bits per heavy atom. The van der Waals surface area contributed by atoms with E-state index in [4.69, 9.17) is 4.74 Å². The summed E-state index contributed by atoms with van der Waals surface area (Å²) in [5, 5.41) is 4.92. The molecule has 8 heteroatoms. The van der Waals surface area contributed by atoms with Crippen LogP contribution in [0.2, 0.25) is 0 Å². The number of carbonyl (C=O) groups excluding carboxylic acids is 3. The van der Waals surface area contributed by atoms with E-state index in [2.05, 4.69) is 30.4 Å². The topological polar surface area (TPSA) is 87.7 Å². The maximum absolute atomic E-state index is 13.0. The van der Waals surface area contributed by atoms with Crippen LogP contribution < -0.4 is 10.6 Å². The van der Waals surface area contributed by atoms with Gasteiger partial charge in [0.25, 0.3) is 11.8 Å². The largest absolute Gasteiger partial charge is 0.436 e. The summed E-state index contributed by atoms with van der Waals surface area (Å²) >= 11 is 0. The maximum atomic E-state index is 13.0. The van der Waals surface area contributed by atoms with Crippen molar-refractivity contribution in [3.63, 3.8) is 0 Å². The van der Waals surface area contributed by atoms with E-state index in [9.17, 15) is 18.8 Å². The summed E-state index contributed by atoms with van der Waals surface area (Å²) in [6, 6.07) is -0.309. The summed E-state index contributed by atoms with van der Waals surface area (Å²) in [4.78, 5) is 37.2. The molecular weight excluding hydrogens is 353 g/mol. The molecule has 1 rings (SSSR count). The predicted octanol–water partition coefficient (Wildman–Crippen LogP) is 1.83. The minimum atomic E-state index is -0.672. The van der Waals surface area contributed by atoms with E-state index in [0.29, 0.717) is 13.0 Å². The number of nitrogens with zero attached hydrogens (tertiary/aromatic N) is 1. The Labute approximate surface area is 157 Å². The van der Waals surface area contributed by atoms with Gasteiger partial charge in [-0.1, -0.05) is 19.2 Å². The van der Waals surface area contributed by atoms with Crippen LogP contribution in [0.15, 0.2) is 61.0 Å². The van der Waals surface area contributed by atoms with Crippen molar-refractivity contribution in [1.82, 2.24) is 15.5 Å². The number of halogens is 1.